The number of carbonyl (C=O) groups excluding carboxylic acids is 1. The van der Waals surface area contributed by atoms with E-state index in [-0.39, 0.29) is 6.61 Å². The van der Waals surface area contributed by atoms with Crippen molar-refractivity contribution >= 4 is 5.97 Å². The summed E-state index contributed by atoms with van der Waals surface area (Å²) in [4.78, 5) is 10.7. The molecule has 0 unspecified atom stereocenters. The Balaban J connectivity index is 2.82. The van der Waals surface area contributed by atoms with Crippen LogP contribution < -0.4 is 0 Å². The van der Waals surface area contributed by atoms with Gasteiger partial charge in [0.25, 0.3) is 0 Å². The van der Waals surface area contributed by atoms with Gasteiger partial charge in [-0.05, 0) is 6.92 Å². The molecule has 1 heterocycles. The summed E-state index contributed by atoms with van der Waals surface area (Å²) >= 11 is 0. The number of esters is 1. The maximum absolute atomic E-state index is 13.0. The van der Waals surface area contributed by atoms with Crippen molar-refractivity contribution in [2.45, 2.75) is 12.8 Å². The summed E-state index contributed by atoms with van der Waals surface area (Å²) in [6.07, 6.45) is 1.84. The fourth-order valence-corrected chi connectivity index (χ4v) is 0.762. The number of H-pyrrole nitrogens is 1. The monoisotopic (exact) mass is 190 g/mol. The minimum atomic E-state index is -3.62. The molecule has 1 aromatic heterocycles. The van der Waals surface area contributed by atoms with E-state index in [1.54, 1.807) is 0 Å². The topological polar surface area (TPSA) is 55.0 Å². The lowest BCUT2D eigenvalue weighted by molar-refractivity contribution is -0.173. The molecule has 4 nitrogen and oxygen atoms in total. The molecule has 0 saturated carbocycles. The second-order valence-electron chi connectivity index (χ2n) is 2.28. The zero-order valence-electron chi connectivity index (χ0n) is 6.88. The van der Waals surface area contributed by atoms with Crippen LogP contribution in [0.2, 0.25) is 0 Å². The van der Waals surface area contributed by atoms with E-state index in [0.29, 0.717) is 0 Å². The van der Waals surface area contributed by atoms with Crippen LogP contribution in [0, 0.1) is 0 Å². The third kappa shape index (κ3) is 1.82. The second-order valence-corrected chi connectivity index (χ2v) is 2.28. The van der Waals surface area contributed by atoms with Crippen LogP contribution in [0.1, 0.15) is 12.5 Å². The molecule has 6 heteroatoms. The molecule has 0 aliphatic heterocycles. The summed E-state index contributed by atoms with van der Waals surface area (Å²) in [5.41, 5.74) is -0.494. The molecule has 0 amide bonds. The van der Waals surface area contributed by atoms with Crippen LogP contribution in [-0.4, -0.2) is 22.8 Å². The zero-order chi connectivity index (χ0) is 9.90. The van der Waals surface area contributed by atoms with Gasteiger partial charge in [-0.1, -0.05) is 0 Å². The first-order chi connectivity index (χ1) is 6.09. The van der Waals surface area contributed by atoms with Gasteiger partial charge in [0.15, 0.2) is 0 Å². The molecule has 0 bridgehead atoms. The van der Waals surface area contributed by atoms with Gasteiger partial charge in [-0.25, -0.2) is 4.79 Å². The number of rotatable bonds is 3. The van der Waals surface area contributed by atoms with Crippen molar-refractivity contribution in [2.24, 2.45) is 0 Å². The van der Waals surface area contributed by atoms with Gasteiger partial charge in [0, 0.05) is 6.20 Å². The highest BCUT2D eigenvalue weighted by Gasteiger charge is 2.43. The van der Waals surface area contributed by atoms with E-state index in [9.17, 15) is 13.6 Å². The van der Waals surface area contributed by atoms with Crippen molar-refractivity contribution in [3.05, 3.63) is 18.0 Å². The average Bonchev–Trinajstić information content (AvgIpc) is 2.56. The molecule has 1 aromatic rings. The maximum atomic E-state index is 13.0. The Morgan fingerprint density at radius 3 is 2.92 bits per heavy atom. The predicted molar refractivity (Wildman–Crippen MR) is 39.1 cm³/mol. The Morgan fingerprint density at radius 2 is 2.46 bits per heavy atom. The number of hydrogen-bond acceptors (Lipinski definition) is 3. The van der Waals surface area contributed by atoms with Gasteiger partial charge in [-0.2, -0.15) is 13.9 Å². The van der Waals surface area contributed by atoms with E-state index >= 15 is 0 Å². The molecule has 0 radical (unpaired) electrons. The van der Waals surface area contributed by atoms with Crippen molar-refractivity contribution in [1.82, 2.24) is 10.2 Å². The van der Waals surface area contributed by atoms with E-state index in [1.807, 2.05) is 0 Å². The van der Waals surface area contributed by atoms with Crippen LogP contribution in [0.5, 0.6) is 0 Å². The number of carbonyl (C=O) groups is 1. The Hall–Kier alpha value is -1.46. The second kappa shape index (κ2) is 3.51. The number of aromatic amines is 1. The average molecular weight is 190 g/mol. The molecule has 1 rings (SSSR count). The lowest BCUT2D eigenvalue weighted by Gasteiger charge is -2.11. The van der Waals surface area contributed by atoms with E-state index < -0.39 is 17.5 Å². The summed E-state index contributed by atoms with van der Waals surface area (Å²) in [6.45, 7) is 1.38. The van der Waals surface area contributed by atoms with Crippen molar-refractivity contribution in [3.8, 4) is 0 Å². The summed E-state index contributed by atoms with van der Waals surface area (Å²) < 4.78 is 30.3. The number of nitrogens with zero attached hydrogens (tertiary/aromatic N) is 1. The van der Waals surface area contributed by atoms with E-state index in [1.165, 1.54) is 6.92 Å². The van der Waals surface area contributed by atoms with Gasteiger partial charge in [0.1, 0.15) is 0 Å². The highest BCUT2D eigenvalue weighted by atomic mass is 19.3. The number of nitrogens with one attached hydrogen (secondary N) is 1. The van der Waals surface area contributed by atoms with Gasteiger partial charge < -0.3 is 4.74 Å². The SMILES string of the molecule is CCOC(=O)C(F)(F)c1cn[nH]c1. The molecular weight excluding hydrogens is 182 g/mol. The van der Waals surface area contributed by atoms with Crippen LogP contribution in [-0.2, 0) is 15.5 Å². The number of ether oxygens (including phenoxy) is 1. The molecule has 13 heavy (non-hydrogen) atoms. The van der Waals surface area contributed by atoms with Crippen LogP contribution in [0.3, 0.4) is 0 Å². The lowest BCUT2D eigenvalue weighted by atomic mass is 10.2. The first-order valence-electron chi connectivity index (χ1n) is 3.63. The molecule has 0 atom stereocenters. The number of alkyl halides is 2. The quantitative estimate of drug-likeness (QED) is 0.725. The first-order valence-corrected chi connectivity index (χ1v) is 3.63. The minimum Gasteiger partial charge on any atom is -0.461 e. The van der Waals surface area contributed by atoms with Gasteiger partial charge in [0.05, 0.1) is 18.4 Å². The molecule has 1 N–H and O–H groups in total. The van der Waals surface area contributed by atoms with E-state index in [2.05, 4.69) is 14.9 Å². The lowest BCUT2D eigenvalue weighted by Crippen LogP contribution is -2.27. The van der Waals surface area contributed by atoms with Crippen molar-refractivity contribution < 1.29 is 18.3 Å². The number of halogens is 2. The largest absolute Gasteiger partial charge is 0.461 e. The summed E-state index contributed by atoms with van der Waals surface area (Å²) in [7, 11) is 0. The molecular formula is C7H8F2N2O2. The van der Waals surface area contributed by atoms with Crippen LogP contribution >= 0.6 is 0 Å². The number of hydrogen-bond donors (Lipinski definition) is 1. The minimum absolute atomic E-state index is 0.0771. The summed E-state index contributed by atoms with van der Waals surface area (Å²) in [5, 5.41) is 5.51. The maximum Gasteiger partial charge on any atom is 0.382 e. The Kier molecular flexibility index (Phi) is 2.60. The Labute approximate surface area is 72.9 Å². The fraction of sp³-hybridized carbons (Fsp3) is 0.429. The predicted octanol–water partition coefficient (Wildman–Crippen LogP) is 1.06. The summed E-state index contributed by atoms with van der Waals surface area (Å²) in [5.74, 6) is -5.18. The molecule has 0 aliphatic rings. The Bertz CT molecular complexity index is 285. The third-order valence-corrected chi connectivity index (χ3v) is 1.39. The fourth-order valence-electron chi connectivity index (χ4n) is 0.762. The molecule has 0 saturated heterocycles. The van der Waals surface area contributed by atoms with Gasteiger partial charge >= 0.3 is 11.9 Å². The third-order valence-electron chi connectivity index (χ3n) is 1.39. The van der Waals surface area contributed by atoms with Gasteiger partial charge in [0.2, 0.25) is 0 Å². The molecule has 0 aliphatic carbocycles. The highest BCUT2D eigenvalue weighted by Crippen LogP contribution is 2.28. The van der Waals surface area contributed by atoms with Gasteiger partial charge in [-0.15, -0.1) is 0 Å². The van der Waals surface area contributed by atoms with E-state index in [0.717, 1.165) is 12.4 Å². The van der Waals surface area contributed by atoms with Crippen LogP contribution in [0.15, 0.2) is 12.4 Å². The zero-order valence-corrected chi connectivity index (χ0v) is 6.88. The molecule has 72 valence electrons. The molecule has 0 aromatic carbocycles. The normalized spacial score (nSPS) is 11.3. The standard InChI is InChI=1S/C7H8F2N2O2/c1-2-13-6(12)7(8,9)5-3-10-11-4-5/h3-4H,2H2,1H3,(H,10,11). The number of aromatic nitrogens is 2. The summed E-state index contributed by atoms with van der Waals surface area (Å²) in [6, 6.07) is 0. The van der Waals surface area contributed by atoms with Crippen molar-refractivity contribution in [1.29, 1.82) is 0 Å². The van der Waals surface area contributed by atoms with Crippen molar-refractivity contribution in [2.75, 3.05) is 6.61 Å². The van der Waals surface area contributed by atoms with Crippen molar-refractivity contribution in [3.63, 3.8) is 0 Å². The molecule has 0 spiro atoms. The van der Waals surface area contributed by atoms with Crippen LogP contribution in [0.4, 0.5) is 8.78 Å². The highest BCUT2D eigenvalue weighted by molar-refractivity contribution is 5.79. The first kappa shape index (κ1) is 9.63. The van der Waals surface area contributed by atoms with Gasteiger partial charge in [-0.3, -0.25) is 5.10 Å². The van der Waals surface area contributed by atoms with Crippen LogP contribution in [0.25, 0.3) is 0 Å². The smallest absolute Gasteiger partial charge is 0.382 e. The Morgan fingerprint density at radius 1 is 1.77 bits per heavy atom. The molecule has 0 fully saturated rings. The van der Waals surface area contributed by atoms with E-state index in [4.69, 9.17) is 0 Å².